The van der Waals surface area contributed by atoms with Gasteiger partial charge in [0.25, 0.3) is 0 Å². The van der Waals surface area contributed by atoms with Crippen LogP contribution in [0.1, 0.15) is 49.9 Å². The minimum absolute atomic E-state index is 0.102. The van der Waals surface area contributed by atoms with Gasteiger partial charge in [-0.2, -0.15) is 0 Å². The third-order valence-electron chi connectivity index (χ3n) is 5.78. The molecule has 0 spiro atoms. The zero-order chi connectivity index (χ0) is 15.7. The Morgan fingerprint density at radius 3 is 2.64 bits per heavy atom. The van der Waals surface area contributed by atoms with Gasteiger partial charge < -0.3 is 4.74 Å². The minimum atomic E-state index is -0.663. The van der Waals surface area contributed by atoms with Crippen molar-refractivity contribution in [2.75, 3.05) is 6.61 Å². The van der Waals surface area contributed by atoms with E-state index in [1.807, 2.05) is 44.2 Å². The Bertz CT molecular complexity index is 565. The Balaban J connectivity index is 1.95. The minimum Gasteiger partial charge on any atom is -0.466 e. The average Bonchev–Trinajstić information content (AvgIpc) is 3.10. The Hall–Kier alpha value is -1.64. The first-order valence-electron chi connectivity index (χ1n) is 8.35. The molecular formula is C19H24O3. The van der Waals surface area contributed by atoms with E-state index in [4.69, 9.17) is 4.74 Å². The third kappa shape index (κ3) is 2.27. The van der Waals surface area contributed by atoms with Crippen LogP contribution in [0.4, 0.5) is 0 Å². The summed E-state index contributed by atoms with van der Waals surface area (Å²) in [4.78, 5) is 25.7. The van der Waals surface area contributed by atoms with Gasteiger partial charge in [0.1, 0.15) is 0 Å². The van der Waals surface area contributed by atoms with Gasteiger partial charge in [-0.05, 0) is 38.5 Å². The van der Waals surface area contributed by atoms with Crippen molar-refractivity contribution in [2.45, 2.75) is 39.5 Å². The normalized spacial score (nSPS) is 33.5. The van der Waals surface area contributed by atoms with Gasteiger partial charge in [-0.1, -0.05) is 43.2 Å². The number of rotatable bonds is 4. The lowest BCUT2D eigenvalue weighted by atomic mass is 9.70. The molecule has 22 heavy (non-hydrogen) atoms. The van der Waals surface area contributed by atoms with Crippen LogP contribution in [-0.2, 0) is 9.53 Å². The molecule has 3 rings (SSSR count). The first-order valence-corrected chi connectivity index (χ1v) is 8.35. The summed E-state index contributed by atoms with van der Waals surface area (Å²) < 4.78 is 5.36. The SMILES string of the molecule is CCOC(=O)[C@]1(C)[C@@H](C(=O)c2ccccc2)C[C@H]2CCC[C@H]21. The summed E-state index contributed by atoms with van der Waals surface area (Å²) in [6, 6.07) is 9.37. The fourth-order valence-electron chi connectivity index (χ4n) is 4.68. The van der Waals surface area contributed by atoms with Crippen molar-refractivity contribution in [3.05, 3.63) is 35.9 Å². The van der Waals surface area contributed by atoms with Gasteiger partial charge >= 0.3 is 5.97 Å². The Labute approximate surface area is 132 Å². The van der Waals surface area contributed by atoms with Crippen molar-refractivity contribution in [3.63, 3.8) is 0 Å². The molecule has 2 fully saturated rings. The van der Waals surface area contributed by atoms with Crippen LogP contribution in [0.2, 0.25) is 0 Å². The van der Waals surface area contributed by atoms with Gasteiger partial charge in [0, 0.05) is 11.5 Å². The van der Waals surface area contributed by atoms with Crippen molar-refractivity contribution < 1.29 is 14.3 Å². The number of ketones is 1. The first kappa shape index (κ1) is 15.3. The highest BCUT2D eigenvalue weighted by atomic mass is 16.5. The maximum atomic E-state index is 13.0. The monoisotopic (exact) mass is 300 g/mol. The summed E-state index contributed by atoms with van der Waals surface area (Å²) in [5.41, 5.74) is 0.0485. The number of carbonyl (C=O) groups excluding carboxylic acids is 2. The number of carbonyl (C=O) groups is 2. The fraction of sp³-hybridized carbons (Fsp3) is 0.579. The van der Waals surface area contributed by atoms with E-state index < -0.39 is 5.41 Å². The fourth-order valence-corrected chi connectivity index (χ4v) is 4.68. The predicted molar refractivity (Wildman–Crippen MR) is 84.5 cm³/mol. The molecule has 3 nitrogen and oxygen atoms in total. The van der Waals surface area contributed by atoms with Crippen molar-refractivity contribution >= 4 is 11.8 Å². The van der Waals surface area contributed by atoms with Crippen LogP contribution in [0.15, 0.2) is 30.3 Å². The molecule has 2 saturated carbocycles. The van der Waals surface area contributed by atoms with E-state index >= 15 is 0 Å². The second kappa shape index (κ2) is 5.86. The maximum absolute atomic E-state index is 13.0. The number of hydrogen-bond donors (Lipinski definition) is 0. The molecule has 1 aromatic carbocycles. The maximum Gasteiger partial charge on any atom is 0.312 e. The molecule has 0 unspecified atom stereocenters. The summed E-state index contributed by atoms with van der Waals surface area (Å²) in [5, 5.41) is 0. The molecule has 118 valence electrons. The van der Waals surface area contributed by atoms with Crippen LogP contribution in [0.5, 0.6) is 0 Å². The molecule has 0 aliphatic heterocycles. The smallest absolute Gasteiger partial charge is 0.312 e. The van der Waals surface area contributed by atoms with Crippen LogP contribution >= 0.6 is 0 Å². The molecule has 0 N–H and O–H groups in total. The lowest BCUT2D eigenvalue weighted by molar-refractivity contribution is -0.158. The molecule has 0 heterocycles. The lowest BCUT2D eigenvalue weighted by Gasteiger charge is -2.33. The average molecular weight is 300 g/mol. The van der Waals surface area contributed by atoms with E-state index in [0.29, 0.717) is 24.0 Å². The van der Waals surface area contributed by atoms with E-state index in [9.17, 15) is 9.59 Å². The topological polar surface area (TPSA) is 43.4 Å². The summed E-state index contributed by atoms with van der Waals surface area (Å²) in [7, 11) is 0. The molecule has 0 saturated heterocycles. The number of hydrogen-bond acceptors (Lipinski definition) is 3. The van der Waals surface area contributed by atoms with Gasteiger partial charge in [-0.3, -0.25) is 9.59 Å². The van der Waals surface area contributed by atoms with Crippen LogP contribution in [0, 0.1) is 23.2 Å². The number of ether oxygens (including phenoxy) is 1. The van der Waals surface area contributed by atoms with Crippen molar-refractivity contribution in [2.24, 2.45) is 23.2 Å². The number of Topliss-reactive ketones (excluding diaryl/α,β-unsaturated/α-hetero) is 1. The summed E-state index contributed by atoms with van der Waals surface area (Å²) >= 11 is 0. The molecule has 0 bridgehead atoms. The van der Waals surface area contributed by atoms with E-state index in [2.05, 4.69) is 0 Å². The van der Waals surface area contributed by atoms with Crippen LogP contribution in [-0.4, -0.2) is 18.4 Å². The van der Waals surface area contributed by atoms with E-state index in [1.165, 1.54) is 0 Å². The molecule has 0 aromatic heterocycles. The summed E-state index contributed by atoms with van der Waals surface area (Å²) in [5.74, 6) is 0.463. The summed E-state index contributed by atoms with van der Waals surface area (Å²) in [6.07, 6.45) is 4.17. The predicted octanol–water partition coefficient (Wildman–Crippen LogP) is 3.87. The number of fused-ring (bicyclic) bond motifs is 1. The van der Waals surface area contributed by atoms with Gasteiger partial charge in [-0.15, -0.1) is 0 Å². The number of benzene rings is 1. The molecular weight excluding hydrogens is 276 g/mol. The highest BCUT2D eigenvalue weighted by Crippen LogP contribution is 2.59. The van der Waals surface area contributed by atoms with Crippen molar-refractivity contribution in [1.82, 2.24) is 0 Å². The number of esters is 1. The Morgan fingerprint density at radius 1 is 1.23 bits per heavy atom. The molecule has 1 aromatic rings. The van der Waals surface area contributed by atoms with E-state index in [0.717, 1.165) is 25.7 Å². The standard InChI is InChI=1S/C19H24O3/c1-3-22-18(21)19(2)15-11-7-10-14(15)12-16(19)17(20)13-8-5-4-6-9-13/h4-6,8-9,14-16H,3,7,10-12H2,1-2H3/t14-,15-,16-,19+/m1/s1. The summed E-state index contributed by atoms with van der Waals surface area (Å²) in [6.45, 7) is 4.17. The second-order valence-corrected chi connectivity index (χ2v) is 6.82. The Kier molecular flexibility index (Phi) is 4.07. The molecule has 0 radical (unpaired) electrons. The van der Waals surface area contributed by atoms with Gasteiger partial charge in [0.2, 0.25) is 0 Å². The highest BCUT2D eigenvalue weighted by Gasteiger charge is 2.60. The van der Waals surface area contributed by atoms with E-state index in [-0.39, 0.29) is 17.7 Å². The molecule has 2 aliphatic rings. The Morgan fingerprint density at radius 2 is 1.95 bits per heavy atom. The van der Waals surface area contributed by atoms with E-state index in [1.54, 1.807) is 0 Å². The van der Waals surface area contributed by atoms with Gasteiger partial charge in [0.05, 0.1) is 12.0 Å². The van der Waals surface area contributed by atoms with Crippen molar-refractivity contribution in [1.29, 1.82) is 0 Å². The van der Waals surface area contributed by atoms with Gasteiger partial charge in [0.15, 0.2) is 5.78 Å². The zero-order valence-corrected chi connectivity index (χ0v) is 13.4. The quantitative estimate of drug-likeness (QED) is 0.626. The molecule has 4 atom stereocenters. The lowest BCUT2D eigenvalue weighted by Crippen LogP contribution is -2.42. The second-order valence-electron chi connectivity index (χ2n) is 6.82. The van der Waals surface area contributed by atoms with Crippen LogP contribution in [0.25, 0.3) is 0 Å². The molecule has 2 aliphatic carbocycles. The van der Waals surface area contributed by atoms with Crippen LogP contribution in [0.3, 0.4) is 0 Å². The highest BCUT2D eigenvalue weighted by molar-refractivity contribution is 6.01. The largest absolute Gasteiger partial charge is 0.466 e. The first-order chi connectivity index (χ1) is 10.6. The van der Waals surface area contributed by atoms with Crippen LogP contribution < -0.4 is 0 Å². The van der Waals surface area contributed by atoms with Gasteiger partial charge in [-0.25, -0.2) is 0 Å². The zero-order valence-electron chi connectivity index (χ0n) is 13.4. The molecule has 3 heteroatoms. The third-order valence-corrected chi connectivity index (χ3v) is 5.78. The van der Waals surface area contributed by atoms with Crippen molar-refractivity contribution in [3.8, 4) is 0 Å². The molecule has 0 amide bonds.